The lowest BCUT2D eigenvalue weighted by atomic mass is 10.1. The molecule has 0 fully saturated rings. The Bertz CT molecular complexity index is 1340. The van der Waals surface area contributed by atoms with Crippen molar-refractivity contribution in [2.24, 2.45) is 0 Å². The van der Waals surface area contributed by atoms with E-state index < -0.39 is 32.5 Å². The van der Waals surface area contributed by atoms with Crippen molar-refractivity contribution in [1.82, 2.24) is 0 Å². The van der Waals surface area contributed by atoms with Gasteiger partial charge in [-0.3, -0.25) is 18.6 Å². The molecule has 2 atom stereocenters. The number of phosphoric acid groups is 1. The maximum atomic E-state index is 12.7. The average molecular weight is 859 g/mol. The van der Waals surface area contributed by atoms with E-state index in [9.17, 15) is 19.0 Å². The van der Waals surface area contributed by atoms with E-state index in [0.29, 0.717) is 23.9 Å². The van der Waals surface area contributed by atoms with Crippen LogP contribution in [0.15, 0.2) is 97.2 Å². The van der Waals surface area contributed by atoms with Gasteiger partial charge in [0.25, 0.3) is 0 Å². The summed E-state index contributed by atoms with van der Waals surface area (Å²) in [6.07, 6.45) is 54.8. The molecule has 0 aliphatic rings. The van der Waals surface area contributed by atoms with E-state index in [1.54, 1.807) is 0 Å². The van der Waals surface area contributed by atoms with Crippen LogP contribution in [-0.4, -0.2) is 74.9 Å². The number of nitrogens with zero attached hydrogens (tertiary/aromatic N) is 1. The quantitative estimate of drug-likeness (QED) is 0.0213. The number of unbranched alkanes of at least 4 members (excludes halogenated alkanes) is 10. The second kappa shape index (κ2) is 41.3. The van der Waals surface area contributed by atoms with Crippen LogP contribution < -0.4 is 0 Å². The van der Waals surface area contributed by atoms with Gasteiger partial charge in [-0.2, -0.15) is 0 Å². The Morgan fingerprint density at radius 2 is 0.933 bits per heavy atom. The van der Waals surface area contributed by atoms with Gasteiger partial charge < -0.3 is 18.9 Å². The van der Waals surface area contributed by atoms with E-state index in [1.165, 1.54) is 64.2 Å². The molecule has 10 heteroatoms. The monoisotopic (exact) mass is 859 g/mol. The van der Waals surface area contributed by atoms with Crippen LogP contribution in [0.5, 0.6) is 0 Å². The van der Waals surface area contributed by atoms with Crippen LogP contribution in [-0.2, 0) is 32.7 Å². The number of hydrogen-bond acceptors (Lipinski definition) is 7. The zero-order valence-electron chi connectivity index (χ0n) is 38.4. The summed E-state index contributed by atoms with van der Waals surface area (Å²) in [5.41, 5.74) is 0. The van der Waals surface area contributed by atoms with Crippen molar-refractivity contribution in [3.05, 3.63) is 97.2 Å². The lowest BCUT2D eigenvalue weighted by Gasteiger charge is -2.24. The van der Waals surface area contributed by atoms with Crippen molar-refractivity contribution >= 4 is 19.8 Å². The molecule has 0 rings (SSSR count). The highest BCUT2D eigenvalue weighted by Gasteiger charge is 2.27. The van der Waals surface area contributed by atoms with Crippen LogP contribution in [0.3, 0.4) is 0 Å². The average Bonchev–Trinajstić information content (AvgIpc) is 3.20. The van der Waals surface area contributed by atoms with Crippen LogP contribution in [0.4, 0.5) is 0 Å². The summed E-state index contributed by atoms with van der Waals surface area (Å²) >= 11 is 0. The molecule has 342 valence electrons. The molecule has 0 aliphatic carbocycles. The Balaban J connectivity index is 4.57. The van der Waals surface area contributed by atoms with Gasteiger partial charge in [-0.1, -0.05) is 156 Å². The summed E-state index contributed by atoms with van der Waals surface area (Å²) in [4.78, 5) is 35.3. The summed E-state index contributed by atoms with van der Waals surface area (Å²) in [6, 6.07) is 0. The van der Waals surface area contributed by atoms with Gasteiger partial charge in [-0.05, 0) is 83.5 Å². The first-order chi connectivity index (χ1) is 29.0. The molecule has 0 aromatic carbocycles. The Morgan fingerprint density at radius 1 is 0.517 bits per heavy atom. The highest BCUT2D eigenvalue weighted by atomic mass is 31.2. The first-order valence-corrected chi connectivity index (χ1v) is 24.5. The van der Waals surface area contributed by atoms with E-state index in [-0.39, 0.29) is 26.1 Å². The molecule has 1 unspecified atom stereocenters. The van der Waals surface area contributed by atoms with Crippen molar-refractivity contribution in [3.8, 4) is 0 Å². The molecule has 0 aromatic heterocycles. The highest BCUT2D eigenvalue weighted by Crippen LogP contribution is 2.43. The van der Waals surface area contributed by atoms with E-state index in [4.69, 9.17) is 18.5 Å². The Labute approximate surface area is 366 Å². The number of esters is 2. The van der Waals surface area contributed by atoms with Gasteiger partial charge in [0.15, 0.2) is 6.10 Å². The van der Waals surface area contributed by atoms with E-state index in [0.717, 1.165) is 51.4 Å². The van der Waals surface area contributed by atoms with Crippen molar-refractivity contribution in [1.29, 1.82) is 0 Å². The Morgan fingerprint density at radius 3 is 1.43 bits per heavy atom. The van der Waals surface area contributed by atoms with Gasteiger partial charge in [0.1, 0.15) is 19.8 Å². The topological polar surface area (TPSA) is 108 Å². The van der Waals surface area contributed by atoms with Crippen LogP contribution in [0.25, 0.3) is 0 Å². The predicted octanol–water partition coefficient (Wildman–Crippen LogP) is 13.4. The van der Waals surface area contributed by atoms with Crippen LogP contribution >= 0.6 is 7.82 Å². The fraction of sp³-hybridized carbons (Fsp3) is 0.640. The van der Waals surface area contributed by atoms with Gasteiger partial charge in [-0.15, -0.1) is 0 Å². The lowest BCUT2D eigenvalue weighted by Crippen LogP contribution is -2.37. The number of ether oxygens (including phenoxy) is 2. The van der Waals surface area contributed by atoms with Gasteiger partial charge in [0.2, 0.25) is 0 Å². The third kappa shape index (κ3) is 44.5. The van der Waals surface area contributed by atoms with E-state index in [1.807, 2.05) is 33.3 Å². The van der Waals surface area contributed by atoms with Gasteiger partial charge in [0.05, 0.1) is 27.7 Å². The summed E-state index contributed by atoms with van der Waals surface area (Å²) in [5, 5.41) is 0. The Hall–Kier alpha value is -3.07. The van der Waals surface area contributed by atoms with Crippen molar-refractivity contribution in [2.75, 3.05) is 47.5 Å². The van der Waals surface area contributed by atoms with Gasteiger partial charge >= 0.3 is 19.8 Å². The van der Waals surface area contributed by atoms with Gasteiger partial charge in [0, 0.05) is 12.8 Å². The minimum Gasteiger partial charge on any atom is -0.462 e. The summed E-state index contributed by atoms with van der Waals surface area (Å²) in [7, 11) is 1.39. The molecule has 0 aliphatic heterocycles. The number of likely N-dealkylation sites (N-methyl/N-ethyl adjacent to an activating group) is 1. The fourth-order valence-corrected chi connectivity index (χ4v) is 6.22. The normalized spacial score (nSPS) is 14.4. The second-order valence-corrected chi connectivity index (χ2v) is 17.5. The summed E-state index contributed by atoms with van der Waals surface area (Å²) in [5.74, 6) is -0.965. The minimum absolute atomic E-state index is 0.00550. The largest absolute Gasteiger partial charge is 0.472 e. The molecule has 60 heavy (non-hydrogen) atoms. The van der Waals surface area contributed by atoms with Crippen molar-refractivity contribution in [2.45, 2.75) is 161 Å². The van der Waals surface area contributed by atoms with Crippen molar-refractivity contribution < 1.29 is 42.1 Å². The number of phosphoric ester groups is 1. The molecular formula is C50H85NO8P+. The third-order valence-corrected chi connectivity index (χ3v) is 10.1. The molecule has 1 N–H and O–H groups in total. The number of quaternary nitrogens is 1. The molecule has 0 heterocycles. The predicted molar refractivity (Wildman–Crippen MR) is 252 cm³/mol. The van der Waals surface area contributed by atoms with Crippen LogP contribution in [0.2, 0.25) is 0 Å². The van der Waals surface area contributed by atoms with E-state index in [2.05, 4.69) is 98.9 Å². The summed E-state index contributed by atoms with van der Waals surface area (Å²) < 4.78 is 34.2. The van der Waals surface area contributed by atoms with Crippen LogP contribution in [0.1, 0.15) is 155 Å². The SMILES string of the molecule is CCCCC/C=C\C/C=C\C/C=C\C/C=C\C/C=C\CCC(=O)O[C@H](COC(=O)CCC/C=C\C/C=C\C/C=C\CCCCCCCC)COP(=O)(O)OCC[N+](C)(C)C. The second-order valence-electron chi connectivity index (χ2n) is 16.1. The molecule has 0 amide bonds. The highest BCUT2D eigenvalue weighted by molar-refractivity contribution is 7.47. The maximum absolute atomic E-state index is 12.7. The van der Waals surface area contributed by atoms with E-state index >= 15 is 0 Å². The van der Waals surface area contributed by atoms with Crippen LogP contribution in [0, 0.1) is 0 Å². The standard InChI is InChI=1S/C50H84NO8P/c1-6-8-10-12-14-16-18-20-22-24-25-27-29-31-33-35-37-39-41-43-50(53)59-48(47-58-60(54,55)57-45-44-51(3,4)5)46-56-49(52)42-40-38-36-34-32-30-28-26-23-21-19-17-15-13-11-9-7-2/h14,16,20-23,25,27-28,30-31,33-34,36-37,39,48H,6-13,15,17-19,24,26,29,32,35,38,40-47H2,1-5H3/p+1/b16-14-,22-20-,23-21-,27-25-,30-28-,33-31-,36-34-,39-37-/t48-/m1/s1. The molecule has 9 nitrogen and oxygen atoms in total. The third-order valence-electron chi connectivity index (χ3n) is 9.10. The molecule has 0 saturated carbocycles. The molecule has 0 radical (unpaired) electrons. The smallest absolute Gasteiger partial charge is 0.462 e. The number of carbonyl (C=O) groups excluding carboxylic acids is 2. The van der Waals surface area contributed by atoms with Crippen molar-refractivity contribution in [3.63, 3.8) is 0 Å². The number of allylic oxidation sites excluding steroid dienone is 16. The molecule has 0 spiro atoms. The number of hydrogen-bond donors (Lipinski definition) is 1. The first-order valence-electron chi connectivity index (χ1n) is 23.0. The lowest BCUT2D eigenvalue weighted by molar-refractivity contribution is -0.870. The van der Waals surface area contributed by atoms with Gasteiger partial charge in [-0.25, -0.2) is 4.57 Å². The number of carbonyl (C=O) groups is 2. The summed E-state index contributed by atoms with van der Waals surface area (Å²) in [6.45, 7) is 4.22. The molecule has 0 bridgehead atoms. The fourth-order valence-electron chi connectivity index (χ4n) is 5.48. The zero-order valence-corrected chi connectivity index (χ0v) is 39.3. The Kier molecular flexibility index (Phi) is 39.2. The molecule has 0 saturated heterocycles. The number of rotatable bonds is 40. The molecule has 0 aromatic rings. The first kappa shape index (κ1) is 56.9. The maximum Gasteiger partial charge on any atom is 0.472 e. The minimum atomic E-state index is -4.41. The zero-order chi connectivity index (χ0) is 44.3. The molecular weight excluding hydrogens is 774 g/mol.